The Labute approximate surface area is 147 Å². The number of ether oxygens (including phenoxy) is 1. The fourth-order valence-electron chi connectivity index (χ4n) is 2.22. The number of nitrogens with zero attached hydrogens (tertiary/aromatic N) is 3. The first-order chi connectivity index (χ1) is 12.4. The van der Waals surface area contributed by atoms with Crippen molar-refractivity contribution in [1.82, 2.24) is 19.9 Å². The van der Waals surface area contributed by atoms with Gasteiger partial charge in [0.2, 0.25) is 11.8 Å². The molecule has 134 valence electrons. The fraction of sp³-hybridized carbons (Fsp3) is 0.176. The summed E-state index contributed by atoms with van der Waals surface area (Å²) in [5.74, 6) is -1.45. The maximum absolute atomic E-state index is 14.1. The molecule has 3 rings (SSSR count). The average Bonchev–Trinajstić information content (AvgIpc) is 3.01. The first kappa shape index (κ1) is 17.5. The highest BCUT2D eigenvalue weighted by Gasteiger charge is 2.12. The number of nitrogens with two attached hydrogens (primary N) is 1. The highest BCUT2D eigenvalue weighted by Crippen LogP contribution is 2.24. The summed E-state index contributed by atoms with van der Waals surface area (Å²) in [4.78, 5) is 26.4. The molecule has 26 heavy (non-hydrogen) atoms. The van der Waals surface area contributed by atoms with Crippen molar-refractivity contribution in [1.29, 1.82) is 0 Å². The number of halogens is 1. The summed E-state index contributed by atoms with van der Waals surface area (Å²) in [6, 6.07) is 1.23. The number of fused-ring (bicyclic) bond motifs is 1. The molecule has 4 N–H and O–H groups in total. The standard InChI is InChI=1S/C17H16FN5O3/c1-9(24)8-26-17-12(18)4-11(6-22-17)13-7-21-16-15(23-13)10(5-20-16)2-3-14(19)25/h2-7,9,24H,8H2,1H3,(H2,19,25)(H,20,21)/t9-/m1/s1. The van der Waals surface area contributed by atoms with E-state index in [1.165, 1.54) is 37.5 Å². The van der Waals surface area contributed by atoms with Crippen molar-refractivity contribution in [2.75, 3.05) is 6.61 Å². The summed E-state index contributed by atoms with van der Waals surface area (Å²) < 4.78 is 19.2. The summed E-state index contributed by atoms with van der Waals surface area (Å²) in [5, 5.41) is 9.19. The van der Waals surface area contributed by atoms with Gasteiger partial charge >= 0.3 is 0 Å². The molecule has 8 nitrogen and oxygen atoms in total. The number of amides is 1. The Bertz CT molecular complexity index is 984. The Kier molecular flexibility index (Phi) is 4.90. The van der Waals surface area contributed by atoms with Crippen LogP contribution in [-0.4, -0.2) is 43.7 Å². The van der Waals surface area contributed by atoms with Crippen LogP contribution in [0.4, 0.5) is 4.39 Å². The summed E-state index contributed by atoms with van der Waals surface area (Å²) in [7, 11) is 0. The van der Waals surface area contributed by atoms with Gasteiger partial charge in [0, 0.05) is 29.6 Å². The number of aromatic nitrogens is 4. The van der Waals surface area contributed by atoms with Crippen molar-refractivity contribution in [2.45, 2.75) is 13.0 Å². The third-order valence-corrected chi connectivity index (χ3v) is 3.40. The van der Waals surface area contributed by atoms with Crippen LogP contribution < -0.4 is 10.5 Å². The molecule has 9 heteroatoms. The number of pyridine rings is 1. The number of hydrogen-bond donors (Lipinski definition) is 3. The molecule has 0 radical (unpaired) electrons. The van der Waals surface area contributed by atoms with Gasteiger partial charge in [-0.1, -0.05) is 0 Å². The van der Waals surface area contributed by atoms with Gasteiger partial charge < -0.3 is 20.6 Å². The molecule has 3 aromatic heterocycles. The lowest BCUT2D eigenvalue weighted by molar-refractivity contribution is -0.113. The van der Waals surface area contributed by atoms with Crippen molar-refractivity contribution < 1.29 is 19.0 Å². The van der Waals surface area contributed by atoms with E-state index < -0.39 is 17.8 Å². The first-order valence-corrected chi connectivity index (χ1v) is 7.72. The number of nitrogens with one attached hydrogen (secondary N) is 1. The lowest BCUT2D eigenvalue weighted by Crippen LogP contribution is -2.14. The van der Waals surface area contributed by atoms with Gasteiger partial charge in [0.1, 0.15) is 12.1 Å². The molecule has 0 unspecified atom stereocenters. The molecule has 0 bridgehead atoms. The topological polar surface area (TPSA) is 127 Å². The van der Waals surface area contributed by atoms with E-state index in [1.54, 1.807) is 6.20 Å². The molecule has 0 saturated heterocycles. The van der Waals surface area contributed by atoms with Gasteiger partial charge in [0.05, 0.1) is 18.0 Å². The van der Waals surface area contributed by atoms with Gasteiger partial charge in [-0.3, -0.25) is 4.79 Å². The van der Waals surface area contributed by atoms with Gasteiger partial charge in [-0.2, -0.15) is 0 Å². The zero-order valence-electron chi connectivity index (χ0n) is 13.8. The van der Waals surface area contributed by atoms with E-state index in [2.05, 4.69) is 19.9 Å². The van der Waals surface area contributed by atoms with Gasteiger partial charge in [0.25, 0.3) is 0 Å². The molecular formula is C17H16FN5O3. The number of rotatable bonds is 6. The third-order valence-electron chi connectivity index (χ3n) is 3.40. The number of hydrogen-bond acceptors (Lipinski definition) is 6. The number of aliphatic hydroxyl groups is 1. The van der Waals surface area contributed by atoms with Crippen LogP contribution >= 0.6 is 0 Å². The first-order valence-electron chi connectivity index (χ1n) is 7.72. The Morgan fingerprint density at radius 3 is 2.96 bits per heavy atom. The summed E-state index contributed by atoms with van der Waals surface area (Å²) in [6.07, 6.45) is 6.52. The SMILES string of the molecule is C[C@@H](O)COc1ncc(-c2cnc3[nH]cc(C=CC(N)=O)c3n2)cc1F. The molecule has 0 fully saturated rings. The van der Waals surface area contributed by atoms with Crippen molar-refractivity contribution in [3.8, 4) is 17.1 Å². The molecule has 3 heterocycles. The maximum Gasteiger partial charge on any atom is 0.250 e. The summed E-state index contributed by atoms with van der Waals surface area (Å²) >= 11 is 0. The van der Waals surface area contributed by atoms with E-state index in [1.807, 2.05) is 0 Å². The van der Waals surface area contributed by atoms with Crippen LogP contribution in [0.5, 0.6) is 5.88 Å². The van der Waals surface area contributed by atoms with Gasteiger partial charge in [-0.15, -0.1) is 0 Å². The monoisotopic (exact) mass is 357 g/mol. The number of primary amides is 1. The fourth-order valence-corrected chi connectivity index (χ4v) is 2.22. The van der Waals surface area contributed by atoms with E-state index >= 15 is 0 Å². The molecule has 0 aliphatic heterocycles. The van der Waals surface area contributed by atoms with E-state index in [0.717, 1.165) is 0 Å². The zero-order chi connectivity index (χ0) is 18.7. The van der Waals surface area contributed by atoms with Crippen LogP contribution in [0.3, 0.4) is 0 Å². The largest absolute Gasteiger partial charge is 0.473 e. The number of H-pyrrole nitrogens is 1. The number of aliphatic hydroxyl groups excluding tert-OH is 1. The van der Waals surface area contributed by atoms with E-state index in [-0.39, 0.29) is 12.5 Å². The van der Waals surface area contributed by atoms with Gasteiger partial charge in [0.15, 0.2) is 11.5 Å². The maximum atomic E-state index is 14.1. The minimum atomic E-state index is -0.732. The molecule has 1 amide bonds. The summed E-state index contributed by atoms with van der Waals surface area (Å²) in [5.41, 5.74) is 7.56. The van der Waals surface area contributed by atoms with Crippen LogP contribution in [0, 0.1) is 5.82 Å². The molecule has 0 aromatic carbocycles. The minimum Gasteiger partial charge on any atom is -0.473 e. The smallest absolute Gasteiger partial charge is 0.250 e. The van der Waals surface area contributed by atoms with Crippen LogP contribution in [0.2, 0.25) is 0 Å². The van der Waals surface area contributed by atoms with Crippen molar-refractivity contribution in [2.24, 2.45) is 5.73 Å². The van der Waals surface area contributed by atoms with Crippen LogP contribution in [0.15, 0.2) is 30.7 Å². The van der Waals surface area contributed by atoms with Crippen LogP contribution in [0.25, 0.3) is 28.5 Å². The predicted octanol–water partition coefficient (Wildman–Crippen LogP) is 1.42. The number of carbonyl (C=O) groups excluding carboxylic acids is 1. The Morgan fingerprint density at radius 1 is 1.46 bits per heavy atom. The zero-order valence-corrected chi connectivity index (χ0v) is 13.8. The quantitative estimate of drug-likeness (QED) is 0.573. The lowest BCUT2D eigenvalue weighted by Gasteiger charge is -2.08. The van der Waals surface area contributed by atoms with E-state index in [4.69, 9.17) is 10.5 Å². The third kappa shape index (κ3) is 3.83. The van der Waals surface area contributed by atoms with Gasteiger partial charge in [-0.25, -0.2) is 19.3 Å². The molecule has 0 spiro atoms. The second kappa shape index (κ2) is 7.28. The molecule has 1 atom stereocenters. The van der Waals surface area contributed by atoms with Gasteiger partial charge in [-0.05, 0) is 19.1 Å². The Morgan fingerprint density at radius 2 is 2.27 bits per heavy atom. The van der Waals surface area contributed by atoms with E-state index in [9.17, 15) is 14.3 Å². The van der Waals surface area contributed by atoms with Crippen LogP contribution in [0.1, 0.15) is 12.5 Å². The number of aromatic amines is 1. The molecular weight excluding hydrogens is 341 g/mol. The average molecular weight is 357 g/mol. The highest BCUT2D eigenvalue weighted by atomic mass is 19.1. The van der Waals surface area contributed by atoms with Crippen molar-refractivity contribution in [3.05, 3.63) is 42.1 Å². The Balaban J connectivity index is 1.93. The summed E-state index contributed by atoms with van der Waals surface area (Å²) in [6.45, 7) is 1.46. The second-order valence-corrected chi connectivity index (χ2v) is 5.60. The molecule has 3 aromatic rings. The molecule has 0 aliphatic carbocycles. The molecule has 0 saturated carbocycles. The lowest BCUT2D eigenvalue weighted by atomic mass is 10.2. The van der Waals surface area contributed by atoms with Crippen molar-refractivity contribution in [3.63, 3.8) is 0 Å². The van der Waals surface area contributed by atoms with Crippen molar-refractivity contribution >= 4 is 23.1 Å². The molecule has 0 aliphatic rings. The second-order valence-electron chi connectivity index (χ2n) is 5.60. The number of carbonyl (C=O) groups is 1. The minimum absolute atomic E-state index is 0.0616. The Hall–Kier alpha value is -3.33. The highest BCUT2D eigenvalue weighted by molar-refractivity contribution is 5.93. The van der Waals surface area contributed by atoms with E-state index in [0.29, 0.717) is 28.0 Å². The van der Waals surface area contributed by atoms with Crippen LogP contribution in [-0.2, 0) is 4.79 Å². The predicted molar refractivity (Wildman–Crippen MR) is 92.5 cm³/mol. The normalized spacial score (nSPS) is 12.6.